The van der Waals surface area contributed by atoms with E-state index < -0.39 is 5.56 Å². The maximum absolute atomic E-state index is 12.5. The van der Waals surface area contributed by atoms with Gasteiger partial charge in [-0.3, -0.25) is 9.59 Å². The second-order valence-corrected chi connectivity index (χ2v) is 6.06. The lowest BCUT2D eigenvalue weighted by Crippen LogP contribution is -2.41. The molecule has 0 spiro atoms. The number of benzene rings is 1. The number of aryl methyl sites for hydroxylation is 1. The minimum absolute atomic E-state index is 0.0180. The second kappa shape index (κ2) is 6.67. The van der Waals surface area contributed by atoms with Gasteiger partial charge in [-0.05, 0) is 19.8 Å². The van der Waals surface area contributed by atoms with E-state index in [0.717, 1.165) is 24.0 Å². The van der Waals surface area contributed by atoms with Crippen LogP contribution >= 0.6 is 0 Å². The van der Waals surface area contributed by atoms with Crippen LogP contribution in [0.1, 0.15) is 28.8 Å². The largest absolute Gasteiger partial charge is 0.337 e. The zero-order valence-corrected chi connectivity index (χ0v) is 13.5. The number of carbonyl (C=O) groups excluding carboxylic acids is 1. The van der Waals surface area contributed by atoms with E-state index in [4.69, 9.17) is 5.26 Å². The topological polar surface area (TPSA) is 89.8 Å². The number of H-pyrrole nitrogens is 1. The van der Waals surface area contributed by atoms with Crippen LogP contribution in [0.25, 0.3) is 11.4 Å². The van der Waals surface area contributed by atoms with Crippen LogP contribution in [0, 0.1) is 24.2 Å². The third-order valence-electron chi connectivity index (χ3n) is 4.25. The molecule has 1 aliphatic rings. The first-order valence-electron chi connectivity index (χ1n) is 7.93. The molecule has 122 valence electrons. The highest BCUT2D eigenvalue weighted by Gasteiger charge is 2.26. The number of aromatic amines is 1. The van der Waals surface area contributed by atoms with Crippen LogP contribution < -0.4 is 5.56 Å². The molecule has 6 nitrogen and oxygen atoms in total. The summed E-state index contributed by atoms with van der Waals surface area (Å²) in [5.41, 5.74) is 1.47. The molecule has 1 N–H and O–H groups in total. The molecule has 1 aromatic carbocycles. The number of nitriles is 1. The summed E-state index contributed by atoms with van der Waals surface area (Å²) >= 11 is 0. The lowest BCUT2D eigenvalue weighted by atomic mass is 9.99. The van der Waals surface area contributed by atoms with E-state index in [1.807, 2.05) is 31.2 Å². The summed E-state index contributed by atoms with van der Waals surface area (Å²) in [6.07, 6.45) is 2.89. The molecule has 1 aliphatic heterocycles. The highest BCUT2D eigenvalue weighted by molar-refractivity contribution is 5.93. The van der Waals surface area contributed by atoms with E-state index in [-0.39, 0.29) is 17.4 Å². The summed E-state index contributed by atoms with van der Waals surface area (Å²) in [4.78, 5) is 33.3. The van der Waals surface area contributed by atoms with Crippen molar-refractivity contribution in [3.8, 4) is 17.5 Å². The number of nitrogens with zero attached hydrogens (tertiary/aromatic N) is 3. The molecule has 1 amide bonds. The first-order valence-corrected chi connectivity index (χ1v) is 7.93. The number of piperidine rings is 1. The molecule has 1 fully saturated rings. The maximum atomic E-state index is 12.5. The van der Waals surface area contributed by atoms with Crippen LogP contribution in [0.5, 0.6) is 0 Å². The highest BCUT2D eigenvalue weighted by Crippen LogP contribution is 2.18. The summed E-state index contributed by atoms with van der Waals surface area (Å²) in [7, 11) is 0. The number of amides is 1. The Morgan fingerprint density at radius 1 is 1.38 bits per heavy atom. The number of rotatable bonds is 2. The van der Waals surface area contributed by atoms with Gasteiger partial charge in [0.05, 0.1) is 12.0 Å². The molecular formula is C18H18N4O2. The lowest BCUT2D eigenvalue weighted by molar-refractivity contribution is 0.0696. The first kappa shape index (κ1) is 15.9. The van der Waals surface area contributed by atoms with E-state index in [9.17, 15) is 9.59 Å². The van der Waals surface area contributed by atoms with Crippen molar-refractivity contribution in [2.75, 3.05) is 13.1 Å². The molecule has 0 bridgehead atoms. The molecule has 3 rings (SSSR count). The van der Waals surface area contributed by atoms with Gasteiger partial charge in [-0.1, -0.05) is 29.8 Å². The summed E-state index contributed by atoms with van der Waals surface area (Å²) in [6, 6.07) is 9.81. The van der Waals surface area contributed by atoms with Gasteiger partial charge in [0.2, 0.25) is 0 Å². The van der Waals surface area contributed by atoms with Crippen LogP contribution in [0.3, 0.4) is 0 Å². The quantitative estimate of drug-likeness (QED) is 0.917. The van der Waals surface area contributed by atoms with E-state index in [1.165, 1.54) is 6.20 Å². The van der Waals surface area contributed by atoms with Crippen molar-refractivity contribution in [2.45, 2.75) is 19.8 Å². The zero-order valence-electron chi connectivity index (χ0n) is 13.5. The summed E-state index contributed by atoms with van der Waals surface area (Å²) in [5, 5.41) is 9.03. The van der Waals surface area contributed by atoms with Crippen LogP contribution in [0.2, 0.25) is 0 Å². The predicted molar refractivity (Wildman–Crippen MR) is 89.3 cm³/mol. The molecule has 2 aromatic rings. The molecule has 0 saturated carbocycles. The van der Waals surface area contributed by atoms with E-state index in [0.29, 0.717) is 18.9 Å². The van der Waals surface area contributed by atoms with Crippen molar-refractivity contribution in [1.29, 1.82) is 5.26 Å². The molecule has 6 heteroatoms. The van der Waals surface area contributed by atoms with Gasteiger partial charge in [-0.2, -0.15) is 5.26 Å². The van der Waals surface area contributed by atoms with Gasteiger partial charge in [0.25, 0.3) is 11.5 Å². The molecule has 1 aromatic heterocycles. The lowest BCUT2D eigenvalue weighted by Gasteiger charge is -2.29. The van der Waals surface area contributed by atoms with Crippen LogP contribution in [-0.2, 0) is 0 Å². The van der Waals surface area contributed by atoms with E-state index >= 15 is 0 Å². The van der Waals surface area contributed by atoms with Gasteiger partial charge >= 0.3 is 0 Å². The van der Waals surface area contributed by atoms with Crippen molar-refractivity contribution >= 4 is 5.91 Å². The van der Waals surface area contributed by atoms with Gasteiger partial charge < -0.3 is 9.88 Å². The standard InChI is InChI=1S/C18H18N4O2/c1-12-4-6-14(7-5-12)16-20-10-15(17(23)21-16)18(24)22-8-2-3-13(9-19)11-22/h4-7,10,13H,2-3,8,11H2,1H3,(H,20,21,23)/t13-/m1/s1. The Hall–Kier alpha value is -2.94. The normalized spacial score (nSPS) is 17.3. The first-order chi connectivity index (χ1) is 11.6. The Morgan fingerprint density at radius 3 is 2.79 bits per heavy atom. The number of hydrogen-bond donors (Lipinski definition) is 1. The molecule has 0 aliphatic carbocycles. The maximum Gasteiger partial charge on any atom is 0.264 e. The van der Waals surface area contributed by atoms with E-state index in [1.54, 1.807) is 4.90 Å². The molecule has 0 unspecified atom stereocenters. The molecule has 0 radical (unpaired) electrons. The van der Waals surface area contributed by atoms with Gasteiger partial charge in [0.1, 0.15) is 11.4 Å². The molecule has 1 atom stereocenters. The van der Waals surface area contributed by atoms with Gasteiger partial charge in [0.15, 0.2) is 0 Å². The molecular weight excluding hydrogens is 304 g/mol. The fourth-order valence-corrected chi connectivity index (χ4v) is 2.84. The summed E-state index contributed by atoms with van der Waals surface area (Å²) in [6.45, 7) is 2.92. The Bertz CT molecular complexity index is 849. The van der Waals surface area contributed by atoms with Crippen LogP contribution in [0.15, 0.2) is 35.3 Å². The fraction of sp³-hybridized carbons (Fsp3) is 0.333. The average molecular weight is 322 g/mol. The molecule has 24 heavy (non-hydrogen) atoms. The Labute approximate surface area is 139 Å². The SMILES string of the molecule is Cc1ccc(-c2ncc(C(=O)N3CCC[C@H](C#N)C3)c(=O)[nH]2)cc1. The second-order valence-electron chi connectivity index (χ2n) is 6.06. The van der Waals surface area contributed by atoms with Gasteiger partial charge in [0, 0.05) is 24.8 Å². The minimum Gasteiger partial charge on any atom is -0.337 e. The number of nitrogens with one attached hydrogen (secondary N) is 1. The fourth-order valence-electron chi connectivity index (χ4n) is 2.84. The zero-order chi connectivity index (χ0) is 17.1. The average Bonchev–Trinajstić information content (AvgIpc) is 2.62. The number of carbonyl (C=O) groups is 1. The smallest absolute Gasteiger partial charge is 0.264 e. The highest BCUT2D eigenvalue weighted by atomic mass is 16.2. The monoisotopic (exact) mass is 322 g/mol. The Balaban J connectivity index is 1.85. The van der Waals surface area contributed by atoms with Crippen LogP contribution in [-0.4, -0.2) is 33.9 Å². The van der Waals surface area contributed by atoms with E-state index in [2.05, 4.69) is 16.0 Å². The molecule has 2 heterocycles. The van der Waals surface area contributed by atoms with Crippen molar-refractivity contribution in [2.24, 2.45) is 5.92 Å². The Morgan fingerprint density at radius 2 is 2.12 bits per heavy atom. The van der Waals surface area contributed by atoms with Crippen molar-refractivity contribution in [1.82, 2.24) is 14.9 Å². The number of hydrogen-bond acceptors (Lipinski definition) is 4. The van der Waals surface area contributed by atoms with Crippen LogP contribution in [0.4, 0.5) is 0 Å². The predicted octanol–water partition coefficient (Wildman–Crippen LogP) is 2.12. The third kappa shape index (κ3) is 3.20. The number of likely N-dealkylation sites (tertiary alicyclic amines) is 1. The summed E-state index contributed by atoms with van der Waals surface area (Å²) in [5.74, 6) is -0.0918. The molecule has 1 saturated heterocycles. The Kier molecular flexibility index (Phi) is 4.43. The minimum atomic E-state index is -0.454. The summed E-state index contributed by atoms with van der Waals surface area (Å²) < 4.78 is 0. The van der Waals surface area contributed by atoms with Crippen molar-refractivity contribution < 1.29 is 4.79 Å². The third-order valence-corrected chi connectivity index (χ3v) is 4.25. The van der Waals surface area contributed by atoms with Crippen molar-refractivity contribution in [3.05, 3.63) is 51.9 Å². The van der Waals surface area contributed by atoms with Crippen molar-refractivity contribution in [3.63, 3.8) is 0 Å². The van der Waals surface area contributed by atoms with Gasteiger partial charge in [-0.15, -0.1) is 0 Å². The number of aromatic nitrogens is 2. The van der Waals surface area contributed by atoms with Gasteiger partial charge in [-0.25, -0.2) is 4.98 Å².